The molecule has 0 atom stereocenters. The molecule has 1 amide bonds. The molecule has 0 aliphatic carbocycles. The van der Waals surface area contributed by atoms with Crippen LogP contribution in [0.15, 0.2) is 41.3 Å². The highest BCUT2D eigenvalue weighted by molar-refractivity contribution is 5.91. The van der Waals surface area contributed by atoms with E-state index in [1.807, 2.05) is 0 Å². The number of anilines is 2. The summed E-state index contributed by atoms with van der Waals surface area (Å²) >= 11 is 0. The molecule has 0 unspecified atom stereocenters. The maximum atomic E-state index is 13.5. The third-order valence-electron chi connectivity index (χ3n) is 3.05. The summed E-state index contributed by atoms with van der Waals surface area (Å²) < 4.78 is 14.9. The van der Waals surface area contributed by atoms with Gasteiger partial charge in [-0.3, -0.25) is 9.59 Å². The number of aromatic nitrogens is 1. The molecule has 0 saturated heterocycles. The fourth-order valence-corrected chi connectivity index (χ4v) is 1.91. The predicted octanol–water partition coefficient (Wildman–Crippen LogP) is 1.91. The molecule has 0 radical (unpaired) electrons. The van der Waals surface area contributed by atoms with Crippen molar-refractivity contribution in [1.29, 1.82) is 0 Å². The number of carbonyl (C=O) groups is 1. The van der Waals surface area contributed by atoms with Gasteiger partial charge in [0.2, 0.25) is 5.91 Å². The summed E-state index contributed by atoms with van der Waals surface area (Å²) in [6.45, 7) is 1.94. The minimum Gasteiger partial charge on any atom is -0.399 e. The number of hydrogen-bond acceptors (Lipinski definition) is 3. The van der Waals surface area contributed by atoms with Crippen LogP contribution in [0.1, 0.15) is 12.0 Å². The highest BCUT2D eigenvalue weighted by Gasteiger charge is 2.08. The average Bonchev–Trinajstić information content (AvgIpc) is 2.44. The highest BCUT2D eigenvalue weighted by Crippen LogP contribution is 2.17. The molecule has 0 bridgehead atoms. The van der Waals surface area contributed by atoms with Crippen molar-refractivity contribution >= 4 is 17.3 Å². The number of nitrogen functional groups attached to an aromatic ring is 1. The number of carbonyl (C=O) groups excluding carboxylic acids is 1. The molecule has 2 rings (SSSR count). The summed E-state index contributed by atoms with van der Waals surface area (Å²) in [5.41, 5.74) is 6.41. The number of hydrogen-bond donors (Lipinski definition) is 2. The van der Waals surface area contributed by atoms with Crippen LogP contribution in [0.4, 0.5) is 15.8 Å². The summed E-state index contributed by atoms with van der Waals surface area (Å²) in [4.78, 5) is 23.6. The second-order valence-electron chi connectivity index (χ2n) is 4.73. The minimum atomic E-state index is -0.551. The minimum absolute atomic E-state index is 0.0385. The first-order valence-corrected chi connectivity index (χ1v) is 6.48. The smallest absolute Gasteiger partial charge is 0.253 e. The summed E-state index contributed by atoms with van der Waals surface area (Å²) in [5, 5.41) is 2.45. The topological polar surface area (TPSA) is 77.1 Å². The van der Waals surface area contributed by atoms with Crippen LogP contribution in [0, 0.1) is 12.7 Å². The first-order chi connectivity index (χ1) is 9.97. The Labute approximate surface area is 121 Å². The lowest BCUT2D eigenvalue weighted by molar-refractivity contribution is -0.116. The second kappa shape index (κ2) is 6.21. The summed E-state index contributed by atoms with van der Waals surface area (Å²) in [6.07, 6.45) is 1.68. The molecule has 1 heterocycles. The molecule has 0 aliphatic heterocycles. The van der Waals surface area contributed by atoms with Crippen LogP contribution in [0.5, 0.6) is 0 Å². The monoisotopic (exact) mass is 289 g/mol. The Balaban J connectivity index is 2.01. The Kier molecular flexibility index (Phi) is 4.37. The molecular weight excluding hydrogens is 273 g/mol. The first kappa shape index (κ1) is 14.8. The van der Waals surface area contributed by atoms with Gasteiger partial charge in [-0.05, 0) is 31.2 Å². The van der Waals surface area contributed by atoms with Gasteiger partial charge in [0, 0.05) is 30.4 Å². The molecule has 21 heavy (non-hydrogen) atoms. The van der Waals surface area contributed by atoms with E-state index in [0.717, 1.165) is 0 Å². The molecule has 0 aliphatic rings. The second-order valence-corrected chi connectivity index (χ2v) is 4.73. The van der Waals surface area contributed by atoms with E-state index >= 15 is 0 Å². The van der Waals surface area contributed by atoms with Crippen molar-refractivity contribution in [1.82, 2.24) is 4.57 Å². The van der Waals surface area contributed by atoms with E-state index in [9.17, 15) is 14.0 Å². The van der Waals surface area contributed by atoms with E-state index < -0.39 is 5.82 Å². The van der Waals surface area contributed by atoms with Crippen LogP contribution < -0.4 is 16.6 Å². The lowest BCUT2D eigenvalue weighted by Crippen LogP contribution is -2.24. The highest BCUT2D eigenvalue weighted by atomic mass is 19.1. The van der Waals surface area contributed by atoms with Crippen molar-refractivity contribution in [3.63, 3.8) is 0 Å². The summed E-state index contributed by atoms with van der Waals surface area (Å²) in [7, 11) is 0. The molecule has 5 nitrogen and oxygen atoms in total. The normalized spacial score (nSPS) is 10.4. The van der Waals surface area contributed by atoms with Crippen molar-refractivity contribution in [3.8, 4) is 0 Å². The van der Waals surface area contributed by atoms with Crippen molar-refractivity contribution in [3.05, 3.63) is 58.3 Å². The number of benzene rings is 1. The number of nitrogens with two attached hydrogens (primary N) is 1. The molecule has 110 valence electrons. The summed E-state index contributed by atoms with van der Waals surface area (Å²) in [6, 6.07) is 7.41. The Morgan fingerprint density at radius 1 is 1.38 bits per heavy atom. The number of nitrogens with zero attached hydrogens (tertiary/aromatic N) is 1. The third-order valence-corrected chi connectivity index (χ3v) is 3.05. The molecule has 0 spiro atoms. The van der Waals surface area contributed by atoms with Crippen LogP contribution >= 0.6 is 0 Å². The quantitative estimate of drug-likeness (QED) is 0.844. The van der Waals surface area contributed by atoms with Gasteiger partial charge in [0.05, 0.1) is 5.69 Å². The lowest BCUT2D eigenvalue weighted by Gasteiger charge is -2.09. The fraction of sp³-hybridized carbons (Fsp3) is 0.200. The van der Waals surface area contributed by atoms with Crippen LogP contribution in [-0.4, -0.2) is 10.5 Å². The summed E-state index contributed by atoms with van der Waals surface area (Å²) in [5.74, 6) is -0.932. The number of amides is 1. The van der Waals surface area contributed by atoms with Crippen LogP contribution in [0.3, 0.4) is 0 Å². The Bertz CT molecular complexity index is 725. The largest absolute Gasteiger partial charge is 0.399 e. The Hall–Kier alpha value is -2.63. The molecule has 0 fully saturated rings. The zero-order valence-electron chi connectivity index (χ0n) is 11.6. The number of halogens is 1. The average molecular weight is 289 g/mol. The van der Waals surface area contributed by atoms with E-state index in [1.165, 1.54) is 22.8 Å². The first-order valence-electron chi connectivity index (χ1n) is 6.48. The SMILES string of the molecule is Cc1cccn(CCC(=O)Nc2cc(N)ccc2F)c1=O. The van der Waals surface area contributed by atoms with Crippen LogP contribution in [0.25, 0.3) is 0 Å². The van der Waals surface area contributed by atoms with Gasteiger partial charge in [-0.15, -0.1) is 0 Å². The maximum Gasteiger partial charge on any atom is 0.253 e. The molecule has 6 heteroatoms. The van der Waals surface area contributed by atoms with E-state index in [2.05, 4.69) is 5.32 Å². The van der Waals surface area contributed by atoms with Gasteiger partial charge in [-0.25, -0.2) is 4.39 Å². The Morgan fingerprint density at radius 3 is 2.90 bits per heavy atom. The zero-order valence-corrected chi connectivity index (χ0v) is 11.6. The van der Waals surface area contributed by atoms with E-state index in [-0.39, 0.29) is 30.1 Å². The van der Waals surface area contributed by atoms with Gasteiger partial charge in [-0.2, -0.15) is 0 Å². The van der Waals surface area contributed by atoms with Gasteiger partial charge in [0.15, 0.2) is 0 Å². The lowest BCUT2D eigenvalue weighted by atomic mass is 10.2. The van der Waals surface area contributed by atoms with Gasteiger partial charge in [0.1, 0.15) is 5.82 Å². The molecule has 1 aromatic heterocycles. The Morgan fingerprint density at radius 2 is 2.14 bits per heavy atom. The molecular formula is C15H16FN3O2. The molecule has 1 aromatic carbocycles. The van der Waals surface area contributed by atoms with Gasteiger partial charge in [0.25, 0.3) is 5.56 Å². The van der Waals surface area contributed by atoms with Gasteiger partial charge in [-0.1, -0.05) is 6.07 Å². The number of pyridine rings is 1. The van der Waals surface area contributed by atoms with Crippen molar-refractivity contribution in [2.45, 2.75) is 19.9 Å². The maximum absolute atomic E-state index is 13.5. The van der Waals surface area contributed by atoms with Gasteiger partial charge >= 0.3 is 0 Å². The third kappa shape index (κ3) is 3.68. The van der Waals surface area contributed by atoms with Crippen molar-refractivity contribution in [2.75, 3.05) is 11.1 Å². The van der Waals surface area contributed by atoms with E-state index in [4.69, 9.17) is 5.73 Å². The molecule has 2 aromatic rings. The number of rotatable bonds is 4. The van der Waals surface area contributed by atoms with E-state index in [0.29, 0.717) is 11.3 Å². The molecule has 3 N–H and O–H groups in total. The zero-order chi connectivity index (χ0) is 15.4. The molecule has 0 saturated carbocycles. The van der Waals surface area contributed by atoms with Crippen molar-refractivity contribution in [2.24, 2.45) is 0 Å². The van der Waals surface area contributed by atoms with Crippen molar-refractivity contribution < 1.29 is 9.18 Å². The fourth-order valence-electron chi connectivity index (χ4n) is 1.91. The number of nitrogens with one attached hydrogen (secondary N) is 1. The standard InChI is InChI=1S/C15H16FN3O2/c1-10-3-2-7-19(15(10)21)8-6-14(20)18-13-9-11(17)4-5-12(13)16/h2-5,7,9H,6,8,17H2,1H3,(H,18,20). The van der Waals surface area contributed by atoms with Crippen LogP contribution in [0.2, 0.25) is 0 Å². The van der Waals surface area contributed by atoms with Crippen LogP contribution in [-0.2, 0) is 11.3 Å². The van der Waals surface area contributed by atoms with Gasteiger partial charge < -0.3 is 15.6 Å². The predicted molar refractivity (Wildman–Crippen MR) is 79.5 cm³/mol. The van der Waals surface area contributed by atoms with E-state index in [1.54, 1.807) is 25.3 Å². The number of aryl methyl sites for hydroxylation is 2.